The van der Waals surface area contributed by atoms with Gasteiger partial charge < -0.3 is 15.7 Å². The molecule has 2 amide bonds. The second kappa shape index (κ2) is 7.14. The van der Waals surface area contributed by atoms with Crippen LogP contribution in [0.15, 0.2) is 24.3 Å². The van der Waals surface area contributed by atoms with Gasteiger partial charge in [-0.1, -0.05) is 43.2 Å². The molecule has 1 aromatic rings. The molecule has 0 bridgehead atoms. The van der Waals surface area contributed by atoms with E-state index in [1.807, 2.05) is 45.0 Å². The Morgan fingerprint density at radius 1 is 1.42 bits per heavy atom. The molecule has 1 rings (SSSR count). The van der Waals surface area contributed by atoms with Crippen LogP contribution in [0.5, 0.6) is 0 Å². The summed E-state index contributed by atoms with van der Waals surface area (Å²) < 4.78 is 0. The van der Waals surface area contributed by atoms with Crippen molar-refractivity contribution < 1.29 is 9.90 Å². The molecule has 1 atom stereocenters. The highest BCUT2D eigenvalue weighted by atomic mass is 16.3. The molecule has 0 radical (unpaired) electrons. The van der Waals surface area contributed by atoms with E-state index in [1.54, 1.807) is 0 Å². The molecule has 0 heterocycles. The van der Waals surface area contributed by atoms with E-state index in [0.717, 1.165) is 18.4 Å². The van der Waals surface area contributed by atoms with E-state index in [1.165, 1.54) is 5.56 Å². The summed E-state index contributed by atoms with van der Waals surface area (Å²) in [6.07, 6.45) is 1.66. The first kappa shape index (κ1) is 15.5. The van der Waals surface area contributed by atoms with Gasteiger partial charge in [-0.05, 0) is 25.8 Å². The summed E-state index contributed by atoms with van der Waals surface area (Å²) in [6, 6.07) is 7.76. The molecule has 4 nitrogen and oxygen atoms in total. The summed E-state index contributed by atoms with van der Waals surface area (Å²) in [5, 5.41) is 15.0. The predicted molar refractivity (Wildman–Crippen MR) is 76.9 cm³/mol. The summed E-state index contributed by atoms with van der Waals surface area (Å²) in [5.74, 6) is 0. The van der Waals surface area contributed by atoms with E-state index in [4.69, 9.17) is 0 Å². The van der Waals surface area contributed by atoms with Crippen molar-refractivity contribution in [1.29, 1.82) is 0 Å². The van der Waals surface area contributed by atoms with Crippen molar-refractivity contribution in [2.75, 3.05) is 6.61 Å². The Bertz CT molecular complexity index is 420. The summed E-state index contributed by atoms with van der Waals surface area (Å²) in [6.45, 7) is 6.33. The molecule has 106 valence electrons. The third-order valence-electron chi connectivity index (χ3n) is 3.10. The van der Waals surface area contributed by atoms with Crippen LogP contribution in [0, 0.1) is 6.92 Å². The molecule has 0 aliphatic rings. The Kier molecular flexibility index (Phi) is 5.83. The number of benzene rings is 1. The predicted octanol–water partition coefficient (Wildman–Crippen LogP) is 2.35. The Labute approximate surface area is 115 Å². The van der Waals surface area contributed by atoms with Crippen molar-refractivity contribution in [1.82, 2.24) is 10.6 Å². The maximum Gasteiger partial charge on any atom is 0.315 e. The van der Waals surface area contributed by atoms with Crippen LogP contribution >= 0.6 is 0 Å². The molecule has 0 fully saturated rings. The van der Waals surface area contributed by atoms with Crippen molar-refractivity contribution in [3.63, 3.8) is 0 Å². The van der Waals surface area contributed by atoms with Gasteiger partial charge in [0, 0.05) is 6.54 Å². The number of urea groups is 1. The number of carbonyl (C=O) groups is 1. The minimum absolute atomic E-state index is 0.0568. The zero-order valence-electron chi connectivity index (χ0n) is 12.0. The fraction of sp³-hybridized carbons (Fsp3) is 0.533. The third kappa shape index (κ3) is 5.30. The molecule has 19 heavy (non-hydrogen) atoms. The Balaban J connectivity index is 2.47. The lowest BCUT2D eigenvalue weighted by molar-refractivity contribution is 0.163. The number of aliphatic hydroxyl groups is 1. The second-order valence-corrected chi connectivity index (χ2v) is 5.27. The van der Waals surface area contributed by atoms with E-state index in [0.29, 0.717) is 6.54 Å². The number of hydrogen-bond donors (Lipinski definition) is 3. The average Bonchev–Trinajstić information content (AvgIpc) is 2.37. The Morgan fingerprint density at radius 2 is 2.16 bits per heavy atom. The van der Waals surface area contributed by atoms with Crippen LogP contribution in [0.2, 0.25) is 0 Å². The lowest BCUT2D eigenvalue weighted by Crippen LogP contribution is -2.52. The normalized spacial score (nSPS) is 13.7. The quantitative estimate of drug-likeness (QED) is 0.738. The minimum Gasteiger partial charge on any atom is -0.394 e. The van der Waals surface area contributed by atoms with Gasteiger partial charge >= 0.3 is 6.03 Å². The number of amides is 2. The van der Waals surface area contributed by atoms with Gasteiger partial charge in [-0.25, -0.2) is 4.79 Å². The number of aryl methyl sites for hydroxylation is 1. The standard InChI is InChI=1S/C15H24N2O2/c1-4-8-15(3,11-18)17-14(19)16-10-13-7-5-6-12(2)9-13/h5-7,9,18H,4,8,10-11H2,1-3H3,(H2,16,17,19). The first-order valence-corrected chi connectivity index (χ1v) is 6.71. The van der Waals surface area contributed by atoms with Gasteiger partial charge in [-0.15, -0.1) is 0 Å². The van der Waals surface area contributed by atoms with Gasteiger partial charge in [-0.2, -0.15) is 0 Å². The number of nitrogens with one attached hydrogen (secondary N) is 2. The summed E-state index contributed by atoms with van der Waals surface area (Å²) in [5.41, 5.74) is 1.69. The maximum atomic E-state index is 11.8. The van der Waals surface area contributed by atoms with E-state index >= 15 is 0 Å². The topological polar surface area (TPSA) is 61.4 Å². The number of carbonyl (C=O) groups excluding carboxylic acids is 1. The highest BCUT2D eigenvalue weighted by Crippen LogP contribution is 2.11. The van der Waals surface area contributed by atoms with Crippen LogP contribution in [0.25, 0.3) is 0 Å². The van der Waals surface area contributed by atoms with Gasteiger partial charge in [0.2, 0.25) is 0 Å². The molecule has 1 aromatic carbocycles. The monoisotopic (exact) mass is 264 g/mol. The summed E-state index contributed by atoms with van der Waals surface area (Å²) >= 11 is 0. The largest absolute Gasteiger partial charge is 0.394 e. The van der Waals surface area contributed by atoms with Crippen molar-refractivity contribution in [3.05, 3.63) is 35.4 Å². The number of rotatable bonds is 6. The molecule has 3 N–H and O–H groups in total. The highest BCUT2D eigenvalue weighted by molar-refractivity contribution is 5.74. The fourth-order valence-corrected chi connectivity index (χ4v) is 2.06. The molecule has 0 aliphatic heterocycles. The van der Waals surface area contributed by atoms with Crippen molar-refractivity contribution in [2.24, 2.45) is 0 Å². The van der Waals surface area contributed by atoms with Crippen LogP contribution in [0.1, 0.15) is 37.8 Å². The molecular formula is C15H24N2O2. The molecular weight excluding hydrogens is 240 g/mol. The lowest BCUT2D eigenvalue weighted by Gasteiger charge is -2.28. The summed E-state index contributed by atoms with van der Waals surface area (Å²) in [4.78, 5) is 11.8. The van der Waals surface area contributed by atoms with Crippen LogP contribution in [0.3, 0.4) is 0 Å². The zero-order chi connectivity index (χ0) is 14.3. The van der Waals surface area contributed by atoms with E-state index in [9.17, 15) is 9.90 Å². The average molecular weight is 264 g/mol. The van der Waals surface area contributed by atoms with Gasteiger partial charge in [0.05, 0.1) is 12.1 Å². The zero-order valence-corrected chi connectivity index (χ0v) is 12.0. The number of hydrogen-bond acceptors (Lipinski definition) is 2. The molecule has 0 aromatic heterocycles. The number of aliphatic hydroxyl groups excluding tert-OH is 1. The third-order valence-corrected chi connectivity index (χ3v) is 3.10. The maximum absolute atomic E-state index is 11.8. The van der Waals surface area contributed by atoms with Crippen LogP contribution in [0.4, 0.5) is 4.79 Å². The SMILES string of the molecule is CCCC(C)(CO)NC(=O)NCc1cccc(C)c1. The molecule has 1 unspecified atom stereocenters. The van der Waals surface area contributed by atoms with E-state index < -0.39 is 5.54 Å². The van der Waals surface area contributed by atoms with Gasteiger partial charge in [0.25, 0.3) is 0 Å². The van der Waals surface area contributed by atoms with Crippen LogP contribution in [-0.2, 0) is 6.54 Å². The first-order chi connectivity index (χ1) is 8.99. The molecule has 0 aliphatic carbocycles. The van der Waals surface area contributed by atoms with Gasteiger partial charge in [0.15, 0.2) is 0 Å². The van der Waals surface area contributed by atoms with Gasteiger partial charge in [0.1, 0.15) is 0 Å². The molecule has 0 spiro atoms. The smallest absolute Gasteiger partial charge is 0.315 e. The van der Waals surface area contributed by atoms with Crippen LogP contribution < -0.4 is 10.6 Å². The van der Waals surface area contributed by atoms with Crippen molar-refractivity contribution in [3.8, 4) is 0 Å². The van der Waals surface area contributed by atoms with Gasteiger partial charge in [-0.3, -0.25) is 0 Å². The summed E-state index contributed by atoms with van der Waals surface area (Å²) in [7, 11) is 0. The lowest BCUT2D eigenvalue weighted by atomic mass is 9.98. The molecule has 4 heteroatoms. The fourth-order valence-electron chi connectivity index (χ4n) is 2.06. The molecule has 0 saturated carbocycles. The second-order valence-electron chi connectivity index (χ2n) is 5.27. The minimum atomic E-state index is -0.550. The van der Waals surface area contributed by atoms with Crippen molar-refractivity contribution in [2.45, 2.75) is 45.7 Å². The van der Waals surface area contributed by atoms with E-state index in [-0.39, 0.29) is 12.6 Å². The van der Waals surface area contributed by atoms with Crippen LogP contribution in [-0.4, -0.2) is 23.3 Å². The molecule has 0 saturated heterocycles. The first-order valence-electron chi connectivity index (χ1n) is 6.71. The highest BCUT2D eigenvalue weighted by Gasteiger charge is 2.24. The Hall–Kier alpha value is -1.55. The van der Waals surface area contributed by atoms with E-state index in [2.05, 4.69) is 10.6 Å². The Morgan fingerprint density at radius 3 is 2.74 bits per heavy atom. The van der Waals surface area contributed by atoms with Crippen molar-refractivity contribution >= 4 is 6.03 Å².